The first-order chi connectivity index (χ1) is 8.32. The van der Waals surface area contributed by atoms with Gasteiger partial charge in [0.2, 0.25) is 11.8 Å². The maximum atomic E-state index is 12.5. The fourth-order valence-corrected chi connectivity index (χ4v) is 1.90. The van der Waals surface area contributed by atoms with E-state index in [1.807, 2.05) is 6.92 Å². The molecule has 2 amide bonds. The van der Waals surface area contributed by atoms with Gasteiger partial charge in [-0.05, 0) is 13.8 Å². The summed E-state index contributed by atoms with van der Waals surface area (Å²) < 4.78 is 5.27. The highest BCUT2D eigenvalue weighted by Gasteiger charge is 2.46. The van der Waals surface area contributed by atoms with Gasteiger partial charge in [0.15, 0.2) is 0 Å². The first-order valence-corrected chi connectivity index (χ1v) is 6.15. The summed E-state index contributed by atoms with van der Waals surface area (Å²) in [6, 6.07) is -0.312. The van der Waals surface area contributed by atoms with Gasteiger partial charge in [0, 0.05) is 26.7 Å². The van der Waals surface area contributed by atoms with Crippen molar-refractivity contribution in [2.24, 2.45) is 11.1 Å². The molecule has 1 aliphatic heterocycles. The van der Waals surface area contributed by atoms with E-state index in [0.717, 1.165) is 0 Å². The first-order valence-electron chi connectivity index (χ1n) is 6.15. The molecule has 0 spiro atoms. The minimum atomic E-state index is -0.720. The van der Waals surface area contributed by atoms with Crippen molar-refractivity contribution in [1.82, 2.24) is 9.80 Å². The first kappa shape index (κ1) is 14.9. The number of carbonyl (C=O) groups is 2. The Morgan fingerprint density at radius 2 is 2.06 bits per heavy atom. The topological polar surface area (TPSA) is 75.9 Å². The van der Waals surface area contributed by atoms with Crippen molar-refractivity contribution in [1.29, 1.82) is 0 Å². The number of nitrogens with two attached hydrogens (primary N) is 1. The van der Waals surface area contributed by atoms with E-state index in [2.05, 4.69) is 0 Å². The zero-order valence-corrected chi connectivity index (χ0v) is 11.6. The molecule has 0 bridgehead atoms. The molecular formula is C12H23N3O3. The Morgan fingerprint density at radius 3 is 2.44 bits per heavy atom. The summed E-state index contributed by atoms with van der Waals surface area (Å²) in [5.41, 5.74) is 5.21. The van der Waals surface area contributed by atoms with Gasteiger partial charge in [-0.25, -0.2) is 0 Å². The van der Waals surface area contributed by atoms with Gasteiger partial charge in [0.1, 0.15) is 0 Å². The average Bonchev–Trinajstić information content (AvgIpc) is 2.66. The van der Waals surface area contributed by atoms with Crippen molar-refractivity contribution >= 4 is 11.8 Å². The van der Waals surface area contributed by atoms with E-state index in [4.69, 9.17) is 10.5 Å². The van der Waals surface area contributed by atoms with Gasteiger partial charge >= 0.3 is 0 Å². The Labute approximate surface area is 108 Å². The minimum absolute atomic E-state index is 0.0879. The molecule has 0 aromatic carbocycles. The normalized spacial score (nSPS) is 27.1. The molecule has 1 fully saturated rings. The molecule has 0 radical (unpaired) electrons. The van der Waals surface area contributed by atoms with Crippen molar-refractivity contribution in [2.45, 2.75) is 19.9 Å². The third kappa shape index (κ3) is 2.81. The smallest absolute Gasteiger partial charge is 0.241 e. The predicted molar refractivity (Wildman–Crippen MR) is 67.8 cm³/mol. The molecule has 1 rings (SSSR count). The van der Waals surface area contributed by atoms with Crippen LogP contribution in [0.3, 0.4) is 0 Å². The summed E-state index contributed by atoms with van der Waals surface area (Å²) >= 11 is 0. The molecule has 104 valence electrons. The SMILES string of the molecule is CCN(CC(=O)N(C)C)C(=O)C1(C)COCC1N. The van der Waals surface area contributed by atoms with Crippen LogP contribution in [0.1, 0.15) is 13.8 Å². The highest BCUT2D eigenvalue weighted by atomic mass is 16.5. The molecule has 0 saturated carbocycles. The van der Waals surface area contributed by atoms with E-state index >= 15 is 0 Å². The van der Waals surface area contributed by atoms with Gasteiger partial charge in [-0.2, -0.15) is 0 Å². The molecular weight excluding hydrogens is 234 g/mol. The van der Waals surface area contributed by atoms with Crippen LogP contribution < -0.4 is 5.73 Å². The summed E-state index contributed by atoms with van der Waals surface area (Å²) in [6.07, 6.45) is 0. The maximum Gasteiger partial charge on any atom is 0.241 e. The predicted octanol–water partition coefficient (Wildman–Crippen LogP) is -0.713. The number of carbonyl (C=O) groups excluding carboxylic acids is 2. The lowest BCUT2D eigenvalue weighted by Gasteiger charge is -2.32. The number of likely N-dealkylation sites (N-methyl/N-ethyl adjacent to an activating group) is 2. The van der Waals surface area contributed by atoms with Crippen LogP contribution >= 0.6 is 0 Å². The quantitative estimate of drug-likeness (QED) is 0.721. The van der Waals surface area contributed by atoms with Crippen molar-refractivity contribution in [3.63, 3.8) is 0 Å². The van der Waals surface area contributed by atoms with E-state index in [0.29, 0.717) is 19.8 Å². The second-order valence-electron chi connectivity index (χ2n) is 5.15. The third-order valence-corrected chi connectivity index (χ3v) is 3.50. The number of nitrogens with zero attached hydrogens (tertiary/aromatic N) is 2. The van der Waals surface area contributed by atoms with Gasteiger partial charge in [-0.15, -0.1) is 0 Å². The van der Waals surface area contributed by atoms with Crippen LogP contribution in [0.5, 0.6) is 0 Å². The molecule has 6 nitrogen and oxygen atoms in total. The standard InChI is InChI=1S/C12H23N3O3/c1-5-15(6-10(16)14(3)4)11(17)12(2)8-18-7-9(12)13/h9H,5-8,13H2,1-4H3. The van der Waals surface area contributed by atoms with Crippen LogP contribution in [0.15, 0.2) is 0 Å². The van der Waals surface area contributed by atoms with Crippen LogP contribution in [-0.2, 0) is 14.3 Å². The van der Waals surface area contributed by atoms with Crippen LogP contribution in [0.4, 0.5) is 0 Å². The molecule has 2 N–H and O–H groups in total. The highest BCUT2D eigenvalue weighted by molar-refractivity contribution is 5.88. The molecule has 18 heavy (non-hydrogen) atoms. The minimum Gasteiger partial charge on any atom is -0.379 e. The van der Waals surface area contributed by atoms with Gasteiger partial charge in [-0.1, -0.05) is 0 Å². The molecule has 2 atom stereocenters. The van der Waals surface area contributed by atoms with Crippen LogP contribution in [0.2, 0.25) is 0 Å². The van der Waals surface area contributed by atoms with Crippen LogP contribution in [0.25, 0.3) is 0 Å². The zero-order chi connectivity index (χ0) is 13.9. The number of ether oxygens (including phenoxy) is 1. The summed E-state index contributed by atoms with van der Waals surface area (Å²) in [7, 11) is 3.35. The lowest BCUT2D eigenvalue weighted by Crippen LogP contribution is -2.53. The second-order valence-corrected chi connectivity index (χ2v) is 5.15. The second kappa shape index (κ2) is 5.67. The monoisotopic (exact) mass is 257 g/mol. The maximum absolute atomic E-state index is 12.5. The Morgan fingerprint density at radius 1 is 1.44 bits per heavy atom. The van der Waals surface area contributed by atoms with Gasteiger partial charge < -0.3 is 20.3 Å². The number of hydrogen-bond acceptors (Lipinski definition) is 4. The van der Waals surface area contributed by atoms with Gasteiger partial charge in [-0.3, -0.25) is 9.59 Å². The largest absolute Gasteiger partial charge is 0.379 e. The van der Waals surface area contributed by atoms with Crippen molar-refractivity contribution < 1.29 is 14.3 Å². The molecule has 1 saturated heterocycles. The zero-order valence-electron chi connectivity index (χ0n) is 11.6. The van der Waals surface area contributed by atoms with Crippen molar-refractivity contribution in [3.05, 3.63) is 0 Å². The van der Waals surface area contributed by atoms with Crippen LogP contribution in [-0.4, -0.2) is 68.1 Å². The molecule has 0 aromatic rings. The highest BCUT2D eigenvalue weighted by Crippen LogP contribution is 2.29. The number of rotatable bonds is 4. The van der Waals surface area contributed by atoms with Crippen molar-refractivity contribution in [2.75, 3.05) is 40.4 Å². The fraction of sp³-hybridized carbons (Fsp3) is 0.833. The van der Waals surface area contributed by atoms with Gasteiger partial charge in [0.25, 0.3) is 0 Å². The summed E-state index contributed by atoms with van der Waals surface area (Å²) in [5, 5.41) is 0. The Balaban J connectivity index is 2.76. The molecule has 1 heterocycles. The van der Waals surface area contributed by atoms with E-state index in [1.165, 1.54) is 9.80 Å². The van der Waals surface area contributed by atoms with E-state index in [-0.39, 0.29) is 24.4 Å². The van der Waals surface area contributed by atoms with E-state index in [9.17, 15) is 9.59 Å². The third-order valence-electron chi connectivity index (χ3n) is 3.50. The summed E-state index contributed by atoms with van der Waals surface area (Å²) in [4.78, 5) is 27.2. The fourth-order valence-electron chi connectivity index (χ4n) is 1.90. The molecule has 2 unspecified atom stereocenters. The molecule has 6 heteroatoms. The molecule has 1 aliphatic rings. The summed E-state index contributed by atoms with van der Waals surface area (Å²) in [6.45, 7) is 4.94. The molecule has 0 aromatic heterocycles. The van der Waals surface area contributed by atoms with Gasteiger partial charge in [0.05, 0.1) is 25.2 Å². The van der Waals surface area contributed by atoms with Crippen molar-refractivity contribution in [3.8, 4) is 0 Å². The average molecular weight is 257 g/mol. The Bertz CT molecular complexity index is 333. The van der Waals surface area contributed by atoms with E-state index < -0.39 is 5.41 Å². The lowest BCUT2D eigenvalue weighted by atomic mass is 9.84. The lowest BCUT2D eigenvalue weighted by molar-refractivity contribution is -0.146. The number of amides is 2. The Hall–Kier alpha value is -1.14. The summed E-state index contributed by atoms with van der Waals surface area (Å²) in [5.74, 6) is -0.202. The molecule has 0 aliphatic carbocycles. The van der Waals surface area contributed by atoms with Crippen LogP contribution in [0, 0.1) is 5.41 Å². The van der Waals surface area contributed by atoms with E-state index in [1.54, 1.807) is 21.0 Å². The Kier molecular flexibility index (Phi) is 4.70. The number of hydrogen-bond donors (Lipinski definition) is 1.